The molecule has 0 amide bonds. The number of anilines is 1. The van der Waals surface area contributed by atoms with Gasteiger partial charge in [-0.1, -0.05) is 36.4 Å². The smallest absolute Gasteiger partial charge is 0.429 e. The largest absolute Gasteiger partial charge is 0.480 e. The Morgan fingerprint density at radius 2 is 1.78 bits per heavy atom. The van der Waals surface area contributed by atoms with Gasteiger partial charge in [-0.05, 0) is 24.1 Å². The molecular weight excluding hydrogens is 477 g/mol. The summed E-state index contributed by atoms with van der Waals surface area (Å²) in [6.45, 7) is 0. The second-order valence-electron chi connectivity index (χ2n) is 7.90. The average molecular weight is 498 g/mol. The molecule has 2 aromatic heterocycles. The molecule has 0 aliphatic rings. The molecule has 186 valence electrons. The number of aliphatic carboxylic acids is 1. The minimum atomic E-state index is -4.74. The van der Waals surface area contributed by atoms with Gasteiger partial charge in [-0.25, -0.2) is 9.97 Å². The summed E-state index contributed by atoms with van der Waals surface area (Å²) in [5, 5.41) is 8.95. The average Bonchev–Trinajstić information content (AvgIpc) is 3.37. The third-order valence-corrected chi connectivity index (χ3v) is 5.28. The first kappa shape index (κ1) is 24.7. The van der Waals surface area contributed by atoms with Crippen molar-refractivity contribution in [3.05, 3.63) is 84.4 Å². The van der Waals surface area contributed by atoms with Crippen LogP contribution in [-0.2, 0) is 11.2 Å². The van der Waals surface area contributed by atoms with Gasteiger partial charge < -0.3 is 25.9 Å². The lowest BCUT2D eigenvalue weighted by Crippen LogP contribution is -2.32. The Labute approximate surface area is 203 Å². The van der Waals surface area contributed by atoms with Crippen molar-refractivity contribution in [2.24, 2.45) is 5.73 Å². The van der Waals surface area contributed by atoms with Gasteiger partial charge >= 0.3 is 12.1 Å². The summed E-state index contributed by atoms with van der Waals surface area (Å²) in [6, 6.07) is 12.4. The van der Waals surface area contributed by atoms with E-state index in [-0.39, 0.29) is 29.5 Å². The van der Waals surface area contributed by atoms with Crippen LogP contribution in [0.25, 0.3) is 16.9 Å². The normalized spacial score (nSPS) is 13.2. The van der Waals surface area contributed by atoms with Crippen LogP contribution >= 0.6 is 0 Å². The van der Waals surface area contributed by atoms with Crippen molar-refractivity contribution in [1.29, 1.82) is 0 Å². The lowest BCUT2D eigenvalue weighted by Gasteiger charge is -2.22. The van der Waals surface area contributed by atoms with Crippen molar-refractivity contribution in [3.63, 3.8) is 0 Å². The number of ether oxygens (including phenoxy) is 1. The summed E-state index contributed by atoms with van der Waals surface area (Å²) in [7, 11) is 0. The monoisotopic (exact) mass is 498 g/mol. The molecule has 0 saturated carbocycles. The van der Waals surface area contributed by atoms with E-state index in [0.717, 1.165) is 0 Å². The minimum Gasteiger partial charge on any atom is -0.480 e. The molecule has 0 aliphatic carbocycles. The lowest BCUT2D eigenvalue weighted by atomic mass is 10.0. The highest BCUT2D eigenvalue weighted by Crippen LogP contribution is 2.37. The zero-order chi connectivity index (χ0) is 25.9. The van der Waals surface area contributed by atoms with Crippen molar-refractivity contribution in [2.45, 2.75) is 24.7 Å². The maximum absolute atomic E-state index is 13.9. The summed E-state index contributed by atoms with van der Waals surface area (Å²) in [5.74, 6) is -1.74. The number of hydrogen-bond acceptors (Lipinski definition) is 7. The van der Waals surface area contributed by atoms with Gasteiger partial charge in [0, 0.05) is 35.3 Å². The van der Waals surface area contributed by atoms with E-state index in [1.54, 1.807) is 41.2 Å². The summed E-state index contributed by atoms with van der Waals surface area (Å²) in [4.78, 5) is 22.8. The summed E-state index contributed by atoms with van der Waals surface area (Å²) in [6.07, 6.45) is -2.15. The standard InChI is InChI=1S/C24H21F3N6O3/c25-24(26,27)21(16-5-7-17(8-6-16)33-10-9-30-13-33)36-20-12-19(31-23(29)32-20)15-3-1-14(2-4-15)11-18(28)22(34)35/h1-10,12-13,18,21H,11,28H2,(H,34,35)(H2,29,31,32)/t18-,21?/m0/s1. The fourth-order valence-corrected chi connectivity index (χ4v) is 3.48. The summed E-state index contributed by atoms with van der Waals surface area (Å²) >= 11 is 0. The minimum absolute atomic E-state index is 0.114. The number of halogens is 3. The predicted molar refractivity (Wildman–Crippen MR) is 124 cm³/mol. The van der Waals surface area contributed by atoms with Crippen LogP contribution in [0.5, 0.6) is 5.88 Å². The van der Waals surface area contributed by atoms with Crippen LogP contribution < -0.4 is 16.2 Å². The number of hydrogen-bond donors (Lipinski definition) is 3. The van der Waals surface area contributed by atoms with E-state index in [4.69, 9.17) is 21.3 Å². The SMILES string of the molecule is Nc1nc(OC(c2ccc(-n3ccnc3)cc2)C(F)(F)F)cc(-c2ccc(C[C@H](N)C(=O)O)cc2)n1. The van der Waals surface area contributed by atoms with Crippen molar-refractivity contribution < 1.29 is 27.8 Å². The molecule has 9 nitrogen and oxygen atoms in total. The fourth-order valence-electron chi connectivity index (χ4n) is 3.48. The molecule has 5 N–H and O–H groups in total. The molecule has 0 fully saturated rings. The van der Waals surface area contributed by atoms with E-state index < -0.39 is 24.3 Å². The second-order valence-corrected chi connectivity index (χ2v) is 7.90. The molecule has 4 aromatic rings. The Kier molecular flexibility index (Phi) is 6.88. The number of carbonyl (C=O) groups is 1. The molecular formula is C24H21F3N6O3. The van der Waals surface area contributed by atoms with Gasteiger partial charge in [0.15, 0.2) is 0 Å². The Hall–Kier alpha value is -4.45. The number of carboxylic acid groups (broad SMARTS) is 1. The first-order valence-electron chi connectivity index (χ1n) is 10.6. The van der Waals surface area contributed by atoms with Crippen LogP contribution in [-0.4, -0.2) is 42.8 Å². The van der Waals surface area contributed by atoms with E-state index in [1.165, 1.54) is 36.7 Å². The highest BCUT2D eigenvalue weighted by Gasteiger charge is 2.43. The third-order valence-electron chi connectivity index (χ3n) is 5.28. The van der Waals surface area contributed by atoms with Crippen molar-refractivity contribution in [3.8, 4) is 22.8 Å². The number of imidazole rings is 1. The molecule has 0 aliphatic heterocycles. The number of benzene rings is 2. The lowest BCUT2D eigenvalue weighted by molar-refractivity contribution is -0.198. The van der Waals surface area contributed by atoms with Gasteiger partial charge in [-0.2, -0.15) is 18.2 Å². The van der Waals surface area contributed by atoms with Crippen molar-refractivity contribution in [1.82, 2.24) is 19.5 Å². The van der Waals surface area contributed by atoms with Gasteiger partial charge in [0.2, 0.25) is 17.9 Å². The summed E-state index contributed by atoms with van der Waals surface area (Å²) in [5.41, 5.74) is 13.2. The quantitative estimate of drug-likeness (QED) is 0.335. The second kappa shape index (κ2) is 10.0. The summed E-state index contributed by atoms with van der Waals surface area (Å²) < 4.78 is 48.7. The Morgan fingerprint density at radius 3 is 2.36 bits per heavy atom. The van der Waals surface area contributed by atoms with Crippen LogP contribution in [0.3, 0.4) is 0 Å². The number of nitrogens with two attached hydrogens (primary N) is 2. The highest BCUT2D eigenvalue weighted by molar-refractivity contribution is 5.73. The molecule has 1 unspecified atom stereocenters. The highest BCUT2D eigenvalue weighted by atomic mass is 19.4. The number of carboxylic acids is 1. The number of aromatic nitrogens is 4. The number of rotatable bonds is 8. The van der Waals surface area contributed by atoms with E-state index >= 15 is 0 Å². The third kappa shape index (κ3) is 5.78. The number of alkyl halides is 3. The van der Waals surface area contributed by atoms with E-state index in [2.05, 4.69) is 15.0 Å². The molecule has 12 heteroatoms. The molecule has 0 bridgehead atoms. The molecule has 2 aromatic carbocycles. The topological polar surface area (TPSA) is 142 Å². The fraction of sp³-hybridized carbons (Fsp3) is 0.167. The predicted octanol–water partition coefficient (Wildman–Crippen LogP) is 3.55. The Balaban J connectivity index is 1.58. The van der Waals surface area contributed by atoms with Gasteiger partial charge in [-0.3, -0.25) is 4.79 Å². The number of nitrogen functional groups attached to an aromatic ring is 1. The van der Waals surface area contributed by atoms with Gasteiger partial charge in [0.05, 0.1) is 12.0 Å². The zero-order valence-electron chi connectivity index (χ0n) is 18.6. The zero-order valence-corrected chi connectivity index (χ0v) is 18.6. The van der Waals surface area contributed by atoms with Gasteiger partial charge in [0.25, 0.3) is 0 Å². The molecule has 36 heavy (non-hydrogen) atoms. The van der Waals surface area contributed by atoms with Crippen LogP contribution in [0.15, 0.2) is 73.3 Å². The molecule has 0 radical (unpaired) electrons. The first-order valence-corrected chi connectivity index (χ1v) is 10.6. The van der Waals surface area contributed by atoms with Crippen molar-refractivity contribution >= 4 is 11.9 Å². The van der Waals surface area contributed by atoms with Crippen LogP contribution in [0.1, 0.15) is 17.2 Å². The van der Waals surface area contributed by atoms with Gasteiger partial charge in [0.1, 0.15) is 6.04 Å². The molecule has 4 rings (SSSR count). The maximum Gasteiger partial charge on any atom is 0.429 e. The molecule has 0 saturated heterocycles. The number of nitrogens with zero attached hydrogens (tertiary/aromatic N) is 4. The Bertz CT molecular complexity index is 1330. The van der Waals surface area contributed by atoms with Crippen LogP contribution in [0, 0.1) is 0 Å². The van der Waals surface area contributed by atoms with Crippen LogP contribution in [0.2, 0.25) is 0 Å². The van der Waals surface area contributed by atoms with Crippen LogP contribution in [0.4, 0.5) is 19.1 Å². The molecule has 2 atom stereocenters. The molecule has 0 spiro atoms. The van der Waals surface area contributed by atoms with E-state index in [9.17, 15) is 18.0 Å². The van der Waals surface area contributed by atoms with E-state index in [0.29, 0.717) is 16.8 Å². The first-order chi connectivity index (χ1) is 17.1. The van der Waals surface area contributed by atoms with Gasteiger partial charge in [-0.15, -0.1) is 0 Å². The maximum atomic E-state index is 13.9. The van der Waals surface area contributed by atoms with Crippen molar-refractivity contribution in [2.75, 3.05) is 5.73 Å². The molecule has 2 heterocycles. The van der Waals surface area contributed by atoms with E-state index in [1.807, 2.05) is 0 Å². The Morgan fingerprint density at radius 1 is 1.08 bits per heavy atom.